The number of fused-ring (bicyclic) bond motifs is 2. The van der Waals surface area contributed by atoms with E-state index < -0.39 is 0 Å². The molecule has 0 spiro atoms. The van der Waals surface area contributed by atoms with Gasteiger partial charge in [0.1, 0.15) is 5.82 Å². The van der Waals surface area contributed by atoms with Crippen molar-refractivity contribution in [1.29, 1.82) is 0 Å². The average molecular weight is 369 g/mol. The second kappa shape index (κ2) is 6.51. The maximum atomic E-state index is 14.3. The summed E-state index contributed by atoms with van der Waals surface area (Å²) < 4.78 is 25.0. The molecule has 2 aromatic carbocycles. The van der Waals surface area contributed by atoms with Crippen molar-refractivity contribution < 1.29 is 18.7 Å². The highest BCUT2D eigenvalue weighted by Gasteiger charge is 2.42. The van der Waals surface area contributed by atoms with Gasteiger partial charge in [-0.1, -0.05) is 18.2 Å². The molecule has 7 heteroatoms. The standard InChI is InChI=1S/C20H20FN3O3/c21-15-4-2-1-3-13(15)19-14-10-24(8-7-16(14)22-23-19)20(25)12-5-6-17-18(9-12)27-11-26-17/h1-6,9,14,16,19,22-23H,7-8,10-11H2. The average Bonchev–Trinajstić information content (AvgIpc) is 3.33. The third-order valence-corrected chi connectivity index (χ3v) is 5.66. The van der Waals surface area contributed by atoms with Gasteiger partial charge in [0.2, 0.25) is 6.79 Å². The molecule has 0 aromatic heterocycles. The van der Waals surface area contributed by atoms with E-state index in [1.54, 1.807) is 30.3 Å². The summed E-state index contributed by atoms with van der Waals surface area (Å²) in [7, 11) is 0. The minimum absolute atomic E-state index is 0.0362. The number of benzene rings is 2. The number of halogens is 1. The van der Waals surface area contributed by atoms with E-state index in [9.17, 15) is 9.18 Å². The van der Waals surface area contributed by atoms with Crippen LogP contribution in [-0.2, 0) is 0 Å². The van der Waals surface area contributed by atoms with Crippen LogP contribution in [0.15, 0.2) is 42.5 Å². The molecule has 3 aliphatic rings. The van der Waals surface area contributed by atoms with Gasteiger partial charge in [0.05, 0.1) is 6.04 Å². The third-order valence-electron chi connectivity index (χ3n) is 5.66. The number of nitrogens with zero attached hydrogens (tertiary/aromatic N) is 1. The van der Waals surface area contributed by atoms with Crippen LogP contribution >= 0.6 is 0 Å². The summed E-state index contributed by atoms with van der Waals surface area (Å²) in [5, 5.41) is 0. The number of hydrogen-bond acceptors (Lipinski definition) is 5. The van der Waals surface area contributed by atoms with E-state index in [1.807, 2.05) is 11.0 Å². The largest absolute Gasteiger partial charge is 0.454 e. The number of likely N-dealkylation sites (tertiary alicyclic amines) is 1. The molecule has 2 aromatic rings. The quantitative estimate of drug-likeness (QED) is 0.850. The SMILES string of the molecule is O=C(c1ccc2c(c1)OCO2)N1CCC2NNC(c3ccccc3F)C2C1. The lowest BCUT2D eigenvalue weighted by Gasteiger charge is -2.36. The predicted molar refractivity (Wildman–Crippen MR) is 95.8 cm³/mol. The normalized spacial score (nSPS) is 26.1. The fourth-order valence-electron chi connectivity index (χ4n) is 4.24. The van der Waals surface area contributed by atoms with Gasteiger partial charge in [-0.15, -0.1) is 0 Å². The van der Waals surface area contributed by atoms with Crippen molar-refractivity contribution in [3.8, 4) is 11.5 Å². The van der Waals surface area contributed by atoms with Gasteiger partial charge < -0.3 is 14.4 Å². The van der Waals surface area contributed by atoms with Crippen LogP contribution < -0.4 is 20.3 Å². The summed E-state index contributed by atoms with van der Waals surface area (Å²) in [5.41, 5.74) is 7.72. The Kier molecular flexibility index (Phi) is 3.98. The van der Waals surface area contributed by atoms with Crippen LogP contribution in [0.25, 0.3) is 0 Å². The first-order valence-corrected chi connectivity index (χ1v) is 9.15. The molecule has 6 nitrogen and oxygen atoms in total. The van der Waals surface area contributed by atoms with Crippen molar-refractivity contribution in [3.63, 3.8) is 0 Å². The third kappa shape index (κ3) is 2.83. The van der Waals surface area contributed by atoms with Crippen LogP contribution in [0.4, 0.5) is 4.39 Å². The van der Waals surface area contributed by atoms with Crippen LogP contribution in [-0.4, -0.2) is 36.7 Å². The number of amides is 1. The molecule has 140 valence electrons. The molecule has 2 saturated heterocycles. The van der Waals surface area contributed by atoms with E-state index in [0.717, 1.165) is 6.42 Å². The molecule has 3 unspecified atom stereocenters. The van der Waals surface area contributed by atoms with Crippen molar-refractivity contribution in [2.75, 3.05) is 19.9 Å². The molecule has 0 bridgehead atoms. The summed E-state index contributed by atoms with van der Waals surface area (Å²) in [6.45, 7) is 1.41. The molecular weight excluding hydrogens is 349 g/mol. The Hall–Kier alpha value is -2.64. The molecule has 3 heterocycles. The number of ether oxygens (including phenoxy) is 2. The van der Waals surface area contributed by atoms with Crippen molar-refractivity contribution in [2.45, 2.75) is 18.5 Å². The number of hydrogen-bond donors (Lipinski definition) is 2. The summed E-state index contributed by atoms with van der Waals surface area (Å²) >= 11 is 0. The van der Waals surface area contributed by atoms with E-state index in [0.29, 0.717) is 35.7 Å². The smallest absolute Gasteiger partial charge is 0.254 e. The van der Waals surface area contributed by atoms with Gasteiger partial charge in [0.15, 0.2) is 11.5 Å². The summed E-state index contributed by atoms with van der Waals surface area (Å²) in [6.07, 6.45) is 0.818. The molecule has 5 rings (SSSR count). The summed E-state index contributed by atoms with van der Waals surface area (Å²) in [4.78, 5) is 14.9. The molecule has 2 fully saturated rings. The van der Waals surface area contributed by atoms with E-state index in [1.165, 1.54) is 6.07 Å². The Morgan fingerprint density at radius 2 is 1.96 bits per heavy atom. The van der Waals surface area contributed by atoms with Gasteiger partial charge >= 0.3 is 0 Å². The highest BCUT2D eigenvalue weighted by atomic mass is 19.1. The molecule has 0 saturated carbocycles. The zero-order valence-corrected chi connectivity index (χ0v) is 14.7. The van der Waals surface area contributed by atoms with E-state index >= 15 is 0 Å². The summed E-state index contributed by atoms with van der Waals surface area (Å²) in [6, 6.07) is 12.1. The van der Waals surface area contributed by atoms with Crippen LogP contribution in [0.2, 0.25) is 0 Å². The van der Waals surface area contributed by atoms with Crippen molar-refractivity contribution in [1.82, 2.24) is 15.8 Å². The second-order valence-corrected chi connectivity index (χ2v) is 7.17. The second-order valence-electron chi connectivity index (χ2n) is 7.17. The molecular formula is C20H20FN3O3. The van der Waals surface area contributed by atoms with Crippen LogP contribution in [0.1, 0.15) is 28.4 Å². The lowest BCUT2D eigenvalue weighted by Crippen LogP contribution is -2.47. The monoisotopic (exact) mass is 369 g/mol. The molecule has 0 radical (unpaired) electrons. The van der Waals surface area contributed by atoms with E-state index in [2.05, 4.69) is 10.9 Å². The van der Waals surface area contributed by atoms with Gasteiger partial charge in [-0.25, -0.2) is 9.82 Å². The van der Waals surface area contributed by atoms with Crippen LogP contribution in [0.5, 0.6) is 11.5 Å². The Balaban J connectivity index is 1.37. The van der Waals surface area contributed by atoms with Gasteiger partial charge in [-0.2, -0.15) is 0 Å². The molecule has 2 N–H and O–H groups in total. The Morgan fingerprint density at radius 1 is 1.11 bits per heavy atom. The van der Waals surface area contributed by atoms with Gasteiger partial charge in [0.25, 0.3) is 5.91 Å². The van der Waals surface area contributed by atoms with Gasteiger partial charge in [-0.05, 0) is 30.7 Å². The predicted octanol–water partition coefficient (Wildman–Crippen LogP) is 2.23. The lowest BCUT2D eigenvalue weighted by molar-refractivity contribution is 0.0651. The highest BCUT2D eigenvalue weighted by molar-refractivity contribution is 5.95. The molecule has 3 atom stereocenters. The minimum atomic E-state index is -0.225. The Morgan fingerprint density at radius 3 is 2.85 bits per heavy atom. The number of carbonyl (C=O) groups is 1. The van der Waals surface area contributed by atoms with Crippen LogP contribution in [0.3, 0.4) is 0 Å². The summed E-state index contributed by atoms with van der Waals surface area (Å²) in [5.74, 6) is 1.11. The molecule has 27 heavy (non-hydrogen) atoms. The maximum absolute atomic E-state index is 14.3. The number of nitrogens with one attached hydrogen (secondary N) is 2. The van der Waals surface area contributed by atoms with Crippen molar-refractivity contribution in [3.05, 3.63) is 59.4 Å². The van der Waals surface area contributed by atoms with Crippen molar-refractivity contribution in [2.24, 2.45) is 5.92 Å². The first kappa shape index (κ1) is 16.5. The molecule has 0 aliphatic carbocycles. The fraction of sp³-hybridized carbons (Fsp3) is 0.350. The fourth-order valence-corrected chi connectivity index (χ4v) is 4.24. The zero-order valence-electron chi connectivity index (χ0n) is 14.7. The van der Waals surface area contributed by atoms with E-state index in [-0.39, 0.29) is 36.5 Å². The number of hydrazine groups is 1. The molecule has 3 aliphatic heterocycles. The Labute approximate surface area is 156 Å². The first-order valence-electron chi connectivity index (χ1n) is 9.15. The number of piperidine rings is 1. The first-order chi connectivity index (χ1) is 13.2. The Bertz CT molecular complexity index is 891. The lowest BCUT2D eigenvalue weighted by atomic mass is 9.84. The van der Waals surface area contributed by atoms with Gasteiger partial charge in [0, 0.05) is 36.2 Å². The van der Waals surface area contributed by atoms with Gasteiger partial charge in [-0.3, -0.25) is 10.2 Å². The maximum Gasteiger partial charge on any atom is 0.254 e. The zero-order chi connectivity index (χ0) is 18.4. The number of rotatable bonds is 2. The van der Waals surface area contributed by atoms with Crippen LogP contribution in [0, 0.1) is 11.7 Å². The van der Waals surface area contributed by atoms with Crippen molar-refractivity contribution >= 4 is 5.91 Å². The minimum Gasteiger partial charge on any atom is -0.454 e. The number of carbonyl (C=O) groups excluding carboxylic acids is 1. The highest BCUT2D eigenvalue weighted by Crippen LogP contribution is 2.36. The topological polar surface area (TPSA) is 62.8 Å². The van der Waals surface area contributed by atoms with E-state index in [4.69, 9.17) is 9.47 Å². The molecule has 1 amide bonds.